The Bertz CT molecular complexity index is 374. The van der Waals surface area contributed by atoms with Gasteiger partial charge in [0.15, 0.2) is 0 Å². The molecule has 0 aromatic heterocycles. The molecule has 1 heterocycles. The fraction of sp³-hybridized carbons (Fsp3) is 0.571. The van der Waals surface area contributed by atoms with Crippen LogP contribution >= 0.6 is 11.6 Å². The molecule has 0 amide bonds. The quantitative estimate of drug-likeness (QED) is 0.828. The number of nitrogens with one attached hydrogen (secondary N) is 1. The van der Waals surface area contributed by atoms with Gasteiger partial charge in [0.05, 0.1) is 12.7 Å². The van der Waals surface area contributed by atoms with Gasteiger partial charge in [-0.2, -0.15) is 0 Å². The van der Waals surface area contributed by atoms with Crippen molar-refractivity contribution in [2.45, 2.75) is 32.9 Å². The van der Waals surface area contributed by atoms with Crippen LogP contribution < -0.4 is 5.32 Å². The fourth-order valence-electron chi connectivity index (χ4n) is 2.09. The predicted octanol–water partition coefficient (Wildman–Crippen LogP) is 3.42. The van der Waals surface area contributed by atoms with E-state index in [-0.39, 0.29) is 11.5 Å². The fourth-order valence-corrected chi connectivity index (χ4v) is 2.22. The monoisotopic (exact) mass is 253 g/mol. The third kappa shape index (κ3) is 3.21. The maximum absolute atomic E-state index is 6.05. The smallest absolute Gasteiger partial charge is 0.0975 e. The predicted molar refractivity (Wildman–Crippen MR) is 71.4 cm³/mol. The molecule has 94 valence electrons. The van der Waals surface area contributed by atoms with Gasteiger partial charge in [-0.25, -0.2) is 0 Å². The first-order valence-corrected chi connectivity index (χ1v) is 6.46. The van der Waals surface area contributed by atoms with Crippen molar-refractivity contribution in [3.63, 3.8) is 0 Å². The Labute approximate surface area is 108 Å². The van der Waals surface area contributed by atoms with Crippen LogP contribution in [-0.4, -0.2) is 19.2 Å². The van der Waals surface area contributed by atoms with Gasteiger partial charge in [0, 0.05) is 23.0 Å². The highest BCUT2D eigenvalue weighted by Gasteiger charge is 2.29. The largest absolute Gasteiger partial charge is 0.371 e. The molecule has 0 aliphatic carbocycles. The van der Waals surface area contributed by atoms with Gasteiger partial charge in [0.25, 0.3) is 0 Å². The lowest BCUT2D eigenvalue weighted by Crippen LogP contribution is -2.35. The zero-order chi connectivity index (χ0) is 12.5. The summed E-state index contributed by atoms with van der Waals surface area (Å²) in [6.07, 6.45) is 0.106. The van der Waals surface area contributed by atoms with E-state index in [2.05, 4.69) is 26.1 Å². The lowest BCUT2D eigenvalue weighted by molar-refractivity contribution is 0.0127. The summed E-state index contributed by atoms with van der Waals surface area (Å²) in [4.78, 5) is 0. The second-order valence-electron chi connectivity index (χ2n) is 5.62. The average Bonchev–Trinajstić information content (AvgIpc) is 2.41. The molecular formula is C14H20ClNO. The van der Waals surface area contributed by atoms with E-state index in [9.17, 15) is 0 Å². The Morgan fingerprint density at radius 3 is 2.59 bits per heavy atom. The van der Waals surface area contributed by atoms with Gasteiger partial charge >= 0.3 is 0 Å². The molecule has 2 atom stereocenters. The van der Waals surface area contributed by atoms with E-state index in [0.717, 1.165) is 18.2 Å². The molecule has 0 bridgehead atoms. The molecule has 2 nitrogen and oxygen atoms in total. The van der Waals surface area contributed by atoms with Crippen molar-refractivity contribution in [1.82, 2.24) is 5.32 Å². The SMILES string of the molecule is CC1NCC(C)(C)COC1c1ccc(Cl)cc1. The minimum absolute atomic E-state index is 0.106. The van der Waals surface area contributed by atoms with Gasteiger partial charge in [-0.3, -0.25) is 0 Å². The maximum Gasteiger partial charge on any atom is 0.0975 e. The Hall–Kier alpha value is -0.570. The normalized spacial score (nSPS) is 28.7. The Kier molecular flexibility index (Phi) is 3.76. The molecule has 1 aliphatic rings. The van der Waals surface area contributed by atoms with Crippen LogP contribution in [0.15, 0.2) is 24.3 Å². The van der Waals surface area contributed by atoms with E-state index in [1.54, 1.807) is 0 Å². The van der Waals surface area contributed by atoms with Gasteiger partial charge in [0.1, 0.15) is 0 Å². The van der Waals surface area contributed by atoms with Crippen molar-refractivity contribution >= 4 is 11.6 Å². The van der Waals surface area contributed by atoms with Crippen molar-refractivity contribution in [1.29, 1.82) is 0 Å². The summed E-state index contributed by atoms with van der Waals surface area (Å²) >= 11 is 5.91. The van der Waals surface area contributed by atoms with Gasteiger partial charge in [0.2, 0.25) is 0 Å². The Balaban J connectivity index is 2.17. The van der Waals surface area contributed by atoms with Crippen molar-refractivity contribution in [2.24, 2.45) is 5.41 Å². The second kappa shape index (κ2) is 4.97. The first-order chi connectivity index (χ1) is 7.98. The van der Waals surface area contributed by atoms with E-state index < -0.39 is 0 Å². The highest BCUT2D eigenvalue weighted by molar-refractivity contribution is 6.30. The standard InChI is InChI=1S/C14H20ClNO/c1-10-13(11-4-6-12(15)7-5-11)17-9-14(2,3)8-16-10/h4-7,10,13,16H,8-9H2,1-3H3. The summed E-state index contributed by atoms with van der Waals surface area (Å²) in [5.74, 6) is 0. The topological polar surface area (TPSA) is 21.3 Å². The van der Waals surface area contributed by atoms with Gasteiger partial charge in [-0.05, 0) is 24.6 Å². The number of rotatable bonds is 1. The van der Waals surface area contributed by atoms with Crippen LogP contribution in [0.4, 0.5) is 0 Å². The molecule has 0 radical (unpaired) electrons. The summed E-state index contributed by atoms with van der Waals surface area (Å²) in [5.41, 5.74) is 1.38. The Morgan fingerprint density at radius 1 is 1.29 bits per heavy atom. The summed E-state index contributed by atoms with van der Waals surface area (Å²) in [5, 5.41) is 4.31. The highest BCUT2D eigenvalue weighted by Crippen LogP contribution is 2.29. The summed E-state index contributed by atoms with van der Waals surface area (Å²) in [6, 6.07) is 8.25. The number of benzene rings is 1. The van der Waals surface area contributed by atoms with E-state index in [1.165, 1.54) is 5.56 Å². The second-order valence-corrected chi connectivity index (χ2v) is 6.05. The molecule has 17 heavy (non-hydrogen) atoms. The molecule has 1 saturated heterocycles. The minimum Gasteiger partial charge on any atom is -0.371 e. The van der Waals surface area contributed by atoms with Crippen molar-refractivity contribution in [2.75, 3.05) is 13.2 Å². The molecule has 0 saturated carbocycles. The minimum atomic E-state index is 0.106. The molecule has 1 aromatic rings. The van der Waals surface area contributed by atoms with Crippen LogP contribution in [0.1, 0.15) is 32.4 Å². The van der Waals surface area contributed by atoms with Crippen LogP contribution in [0.3, 0.4) is 0 Å². The summed E-state index contributed by atoms with van der Waals surface area (Å²) in [7, 11) is 0. The van der Waals surface area contributed by atoms with Gasteiger partial charge in [-0.15, -0.1) is 0 Å². The number of hydrogen-bond acceptors (Lipinski definition) is 2. The summed E-state index contributed by atoms with van der Waals surface area (Å²) in [6.45, 7) is 8.37. The number of halogens is 1. The zero-order valence-electron chi connectivity index (χ0n) is 10.7. The maximum atomic E-state index is 6.05. The van der Waals surface area contributed by atoms with Crippen LogP contribution in [0.2, 0.25) is 5.02 Å². The molecule has 1 aliphatic heterocycles. The van der Waals surface area contributed by atoms with Crippen LogP contribution in [0, 0.1) is 5.41 Å². The van der Waals surface area contributed by atoms with E-state index >= 15 is 0 Å². The molecule has 2 unspecified atom stereocenters. The molecule has 1 fully saturated rings. The Morgan fingerprint density at radius 2 is 1.94 bits per heavy atom. The third-order valence-corrected chi connectivity index (χ3v) is 3.46. The van der Waals surface area contributed by atoms with E-state index in [4.69, 9.17) is 16.3 Å². The van der Waals surface area contributed by atoms with E-state index in [0.29, 0.717) is 6.04 Å². The lowest BCUT2D eigenvalue weighted by Gasteiger charge is -2.22. The van der Waals surface area contributed by atoms with Crippen molar-refractivity contribution < 1.29 is 4.74 Å². The molecular weight excluding hydrogens is 234 g/mol. The highest BCUT2D eigenvalue weighted by atomic mass is 35.5. The van der Waals surface area contributed by atoms with Crippen molar-refractivity contribution in [3.05, 3.63) is 34.9 Å². The van der Waals surface area contributed by atoms with E-state index in [1.807, 2.05) is 24.3 Å². The van der Waals surface area contributed by atoms with Crippen LogP contribution in [0.25, 0.3) is 0 Å². The van der Waals surface area contributed by atoms with Crippen LogP contribution in [0.5, 0.6) is 0 Å². The number of hydrogen-bond donors (Lipinski definition) is 1. The lowest BCUT2D eigenvalue weighted by atomic mass is 9.95. The van der Waals surface area contributed by atoms with Gasteiger partial charge in [-0.1, -0.05) is 37.6 Å². The first-order valence-electron chi connectivity index (χ1n) is 6.08. The summed E-state index contributed by atoms with van der Waals surface area (Å²) < 4.78 is 6.05. The van der Waals surface area contributed by atoms with Gasteiger partial charge < -0.3 is 10.1 Å². The number of ether oxygens (including phenoxy) is 1. The third-order valence-electron chi connectivity index (χ3n) is 3.21. The first kappa shape index (κ1) is 12.9. The molecule has 1 N–H and O–H groups in total. The molecule has 3 heteroatoms. The molecule has 1 aromatic carbocycles. The molecule has 0 spiro atoms. The zero-order valence-corrected chi connectivity index (χ0v) is 11.4. The molecule has 2 rings (SSSR count). The van der Waals surface area contributed by atoms with Crippen LogP contribution in [-0.2, 0) is 4.74 Å². The van der Waals surface area contributed by atoms with Crippen molar-refractivity contribution in [3.8, 4) is 0 Å². The average molecular weight is 254 g/mol.